The number of ether oxygens (including phenoxy) is 2. The van der Waals surface area contributed by atoms with Crippen LogP contribution in [0.2, 0.25) is 0 Å². The number of hydrogen-bond acceptors (Lipinski definition) is 15. The van der Waals surface area contributed by atoms with Gasteiger partial charge in [-0.1, -0.05) is 56.3 Å². The molecular formula is C39H57N7O14. The van der Waals surface area contributed by atoms with Crippen molar-refractivity contribution < 1.29 is 68.9 Å². The summed E-state index contributed by atoms with van der Waals surface area (Å²) in [5.41, 5.74) is 12.8. The van der Waals surface area contributed by atoms with E-state index in [1.807, 2.05) is 0 Å². The third-order valence-electron chi connectivity index (χ3n) is 9.42. The number of nitrogens with two attached hydrogens (primary N) is 2. The molecule has 0 aromatic heterocycles. The fourth-order valence-corrected chi connectivity index (χ4v) is 6.06. The van der Waals surface area contributed by atoms with Crippen molar-refractivity contribution in [2.24, 2.45) is 17.4 Å². The molecule has 0 aliphatic carbocycles. The number of primary amides is 1. The zero-order valence-corrected chi connectivity index (χ0v) is 33.5. The van der Waals surface area contributed by atoms with Crippen LogP contribution in [0.25, 0.3) is 0 Å². The van der Waals surface area contributed by atoms with E-state index in [4.69, 9.17) is 20.9 Å². The predicted octanol–water partition coefficient (Wildman–Crippen LogP) is -4.71. The zero-order chi connectivity index (χ0) is 44.7. The Morgan fingerprint density at radius 3 is 1.93 bits per heavy atom. The third kappa shape index (κ3) is 15.1. The van der Waals surface area contributed by atoms with Gasteiger partial charge in [-0.25, -0.2) is 0 Å². The lowest BCUT2D eigenvalue weighted by Gasteiger charge is -2.39. The summed E-state index contributed by atoms with van der Waals surface area (Å²) in [6.45, 7) is 2.66. The molecular weight excluding hydrogens is 790 g/mol. The number of aliphatic hydroxyl groups excluding tert-OH is 5. The fourth-order valence-electron chi connectivity index (χ4n) is 6.06. The molecule has 0 radical (unpaired) electrons. The molecule has 1 saturated heterocycles. The molecule has 1 aliphatic heterocycles. The van der Waals surface area contributed by atoms with Gasteiger partial charge in [0, 0.05) is 6.42 Å². The Kier molecular flexibility index (Phi) is 19.2. The van der Waals surface area contributed by atoms with Gasteiger partial charge >= 0.3 is 0 Å². The van der Waals surface area contributed by atoms with E-state index < -0.39 is 122 Å². The van der Waals surface area contributed by atoms with Gasteiger partial charge in [0.2, 0.25) is 35.4 Å². The van der Waals surface area contributed by atoms with E-state index in [9.17, 15) is 59.4 Å². The van der Waals surface area contributed by atoms with Crippen LogP contribution in [-0.4, -0.2) is 153 Å². The number of aromatic hydroxyl groups is 1. The number of benzene rings is 2. The van der Waals surface area contributed by atoms with Crippen molar-refractivity contribution in [1.82, 2.24) is 26.6 Å². The molecule has 332 valence electrons. The van der Waals surface area contributed by atoms with Crippen LogP contribution in [0.3, 0.4) is 0 Å². The normalized spacial score (nSPS) is 21.9. The maximum atomic E-state index is 13.8. The van der Waals surface area contributed by atoms with Crippen LogP contribution >= 0.6 is 0 Å². The van der Waals surface area contributed by atoms with Crippen LogP contribution in [0.4, 0.5) is 0 Å². The van der Waals surface area contributed by atoms with E-state index in [-0.39, 0.29) is 30.9 Å². The molecule has 0 spiro atoms. The van der Waals surface area contributed by atoms with Gasteiger partial charge in [-0.3, -0.25) is 28.8 Å². The summed E-state index contributed by atoms with van der Waals surface area (Å²) in [6.07, 6.45) is -9.53. The van der Waals surface area contributed by atoms with Crippen molar-refractivity contribution in [3.05, 3.63) is 65.7 Å². The van der Waals surface area contributed by atoms with Crippen LogP contribution in [0.15, 0.2) is 54.6 Å². The maximum Gasteiger partial charge on any atom is 0.245 e. The summed E-state index contributed by atoms with van der Waals surface area (Å²) in [6, 6.07) is 7.73. The summed E-state index contributed by atoms with van der Waals surface area (Å²) in [5.74, 6) is -5.47. The van der Waals surface area contributed by atoms with Crippen molar-refractivity contribution in [2.75, 3.05) is 19.8 Å². The molecule has 1 heterocycles. The van der Waals surface area contributed by atoms with E-state index in [1.54, 1.807) is 56.3 Å². The molecule has 21 nitrogen and oxygen atoms in total. The summed E-state index contributed by atoms with van der Waals surface area (Å²) in [7, 11) is 0. The van der Waals surface area contributed by atoms with Gasteiger partial charge in [-0.15, -0.1) is 0 Å². The number of rotatable bonds is 22. The number of nitrogens with one attached hydrogen (secondary N) is 5. The molecule has 2 aromatic carbocycles. The second-order valence-corrected chi connectivity index (χ2v) is 14.9. The first-order chi connectivity index (χ1) is 28.3. The van der Waals surface area contributed by atoms with Crippen molar-refractivity contribution in [2.45, 2.75) is 107 Å². The lowest BCUT2D eigenvalue weighted by Crippen LogP contribution is -2.61. The standard InChI is InChI=1S/C39H57N7O14/c1-19(2)13-25(36(56)45-27(34(41)54)18-59-39-33(53)32(52)31(51)28(17-47)60-39)44-37(57)26(15-21-7-5-4-6-8-21)43-29(50)16-42-38(58)30(20(3)48)46-35(55)24(40)14-22-9-11-23(49)12-10-22/h4-12,19-20,24-28,30-33,39,47-49,51-53H,13-18,40H2,1-3H3,(H2,41,54)(H,42,58)(H,43,50)(H,44,57)(H,45,56)(H,46,55)/t20-,24-,25-,26-,27-,28+,30+,31+,32-,33+,39+/m0/s1. The number of aliphatic hydroxyl groups is 5. The van der Waals surface area contributed by atoms with E-state index in [0.717, 1.165) is 0 Å². The Balaban J connectivity index is 1.68. The molecule has 3 rings (SSSR count). The average molecular weight is 848 g/mol. The van der Waals surface area contributed by atoms with Gasteiger partial charge in [0.25, 0.3) is 0 Å². The Hall–Kier alpha value is -5.26. The monoisotopic (exact) mass is 847 g/mol. The highest BCUT2D eigenvalue weighted by atomic mass is 16.7. The Morgan fingerprint density at radius 1 is 0.750 bits per heavy atom. The molecule has 0 unspecified atom stereocenters. The number of amides is 6. The Morgan fingerprint density at radius 2 is 1.35 bits per heavy atom. The molecule has 1 fully saturated rings. The molecule has 11 atom stereocenters. The number of carbonyl (C=O) groups is 6. The highest BCUT2D eigenvalue weighted by Crippen LogP contribution is 2.22. The van der Waals surface area contributed by atoms with Crippen molar-refractivity contribution in [3.8, 4) is 5.75 Å². The Bertz CT molecular complexity index is 1730. The van der Waals surface area contributed by atoms with Crippen molar-refractivity contribution >= 4 is 35.4 Å². The third-order valence-corrected chi connectivity index (χ3v) is 9.42. The van der Waals surface area contributed by atoms with E-state index in [0.29, 0.717) is 11.1 Å². The van der Waals surface area contributed by atoms with Crippen LogP contribution in [0, 0.1) is 5.92 Å². The number of carbonyl (C=O) groups excluding carboxylic acids is 6. The smallest absolute Gasteiger partial charge is 0.245 e. The van der Waals surface area contributed by atoms with E-state index >= 15 is 0 Å². The molecule has 1 aliphatic rings. The first-order valence-electron chi connectivity index (χ1n) is 19.3. The lowest BCUT2D eigenvalue weighted by molar-refractivity contribution is -0.301. The fraction of sp³-hybridized carbons (Fsp3) is 0.538. The van der Waals surface area contributed by atoms with E-state index in [2.05, 4.69) is 26.6 Å². The minimum absolute atomic E-state index is 0.0232. The molecule has 15 N–H and O–H groups in total. The summed E-state index contributed by atoms with van der Waals surface area (Å²) in [4.78, 5) is 78.9. The van der Waals surface area contributed by atoms with Gasteiger partial charge < -0.3 is 78.2 Å². The Labute approximate surface area is 346 Å². The number of hydrogen-bond donors (Lipinski definition) is 13. The van der Waals surface area contributed by atoms with Crippen LogP contribution in [-0.2, 0) is 51.1 Å². The van der Waals surface area contributed by atoms with Gasteiger partial charge in [-0.2, -0.15) is 0 Å². The topological polar surface area (TPSA) is 354 Å². The second-order valence-electron chi connectivity index (χ2n) is 14.9. The van der Waals surface area contributed by atoms with Gasteiger partial charge in [0.05, 0.1) is 31.9 Å². The summed E-state index contributed by atoms with van der Waals surface area (Å²) in [5, 5.41) is 71.8. The lowest BCUT2D eigenvalue weighted by atomic mass is 9.99. The highest BCUT2D eigenvalue weighted by Gasteiger charge is 2.44. The molecule has 0 bridgehead atoms. The molecule has 6 amide bonds. The average Bonchev–Trinajstić information content (AvgIpc) is 3.20. The van der Waals surface area contributed by atoms with Gasteiger partial charge in [0.15, 0.2) is 6.29 Å². The van der Waals surface area contributed by atoms with Crippen LogP contribution < -0.4 is 38.1 Å². The number of phenolic OH excluding ortho intramolecular Hbond substituents is 1. The zero-order valence-electron chi connectivity index (χ0n) is 33.5. The van der Waals surface area contributed by atoms with Crippen molar-refractivity contribution in [1.29, 1.82) is 0 Å². The van der Waals surface area contributed by atoms with Crippen molar-refractivity contribution in [3.63, 3.8) is 0 Å². The van der Waals surface area contributed by atoms with E-state index in [1.165, 1.54) is 19.1 Å². The molecule has 2 aromatic rings. The second kappa shape index (κ2) is 23.5. The van der Waals surface area contributed by atoms with Gasteiger partial charge in [-0.05, 0) is 48.9 Å². The molecule has 21 heteroatoms. The largest absolute Gasteiger partial charge is 0.508 e. The predicted molar refractivity (Wildman–Crippen MR) is 211 cm³/mol. The maximum absolute atomic E-state index is 13.8. The first kappa shape index (κ1) is 49.1. The highest BCUT2D eigenvalue weighted by molar-refractivity contribution is 5.95. The van der Waals surface area contributed by atoms with Crippen LogP contribution in [0.5, 0.6) is 5.75 Å². The van der Waals surface area contributed by atoms with Gasteiger partial charge in [0.1, 0.15) is 54.3 Å². The minimum atomic E-state index is -1.79. The minimum Gasteiger partial charge on any atom is -0.508 e. The summed E-state index contributed by atoms with van der Waals surface area (Å²) >= 11 is 0. The first-order valence-corrected chi connectivity index (χ1v) is 19.3. The molecule has 60 heavy (non-hydrogen) atoms. The molecule has 0 saturated carbocycles. The van der Waals surface area contributed by atoms with Crippen LogP contribution in [0.1, 0.15) is 38.3 Å². The summed E-state index contributed by atoms with van der Waals surface area (Å²) < 4.78 is 10.7. The SMILES string of the molecule is CC(C)C[C@H](NC(=O)[C@H](Cc1ccccc1)NC(=O)CNC(=O)[C@H](NC(=O)[C@@H](N)Cc1ccc(O)cc1)[C@H](C)O)C(=O)N[C@@H](CO[C@@H]1O[C@H](CO)[C@@H](O)[C@H](O)[C@H]1O)C(N)=O. The quantitative estimate of drug-likeness (QED) is 0.0530. The number of phenols is 1.